The Morgan fingerprint density at radius 2 is 2.27 bits per heavy atom. The van der Waals surface area contributed by atoms with Gasteiger partial charge in [-0.2, -0.15) is 0 Å². The fraction of sp³-hybridized carbons (Fsp3) is 0.182. The van der Waals surface area contributed by atoms with Crippen LogP contribution in [-0.4, -0.2) is 19.5 Å². The Bertz CT molecular complexity index is 538. The topological polar surface area (TPSA) is 43.6 Å². The first-order valence-electron chi connectivity index (χ1n) is 4.91. The predicted molar refractivity (Wildman–Crippen MR) is 57.3 cm³/mol. The molecule has 0 bridgehead atoms. The van der Waals surface area contributed by atoms with Gasteiger partial charge < -0.3 is 4.57 Å². The lowest BCUT2D eigenvalue weighted by Gasteiger charge is -2.14. The van der Waals surface area contributed by atoms with Crippen molar-refractivity contribution in [2.75, 3.05) is 0 Å². The first-order valence-corrected chi connectivity index (χ1v) is 4.91. The van der Waals surface area contributed by atoms with Crippen molar-refractivity contribution >= 4 is 11.2 Å². The van der Waals surface area contributed by atoms with E-state index in [1.807, 2.05) is 6.33 Å². The maximum Gasteiger partial charge on any atom is 0.163 e. The molecule has 0 saturated heterocycles. The van der Waals surface area contributed by atoms with E-state index in [9.17, 15) is 0 Å². The summed E-state index contributed by atoms with van der Waals surface area (Å²) < 4.78 is 2.08. The zero-order valence-corrected chi connectivity index (χ0v) is 8.11. The third-order valence-corrected chi connectivity index (χ3v) is 2.55. The summed E-state index contributed by atoms with van der Waals surface area (Å²) in [6.07, 6.45) is 14.5. The number of nitrogens with zero attached hydrogens (tertiary/aromatic N) is 4. The second kappa shape index (κ2) is 3.31. The molecule has 0 aromatic carbocycles. The zero-order chi connectivity index (χ0) is 10.1. The monoisotopic (exact) mass is 198 g/mol. The van der Waals surface area contributed by atoms with Crippen LogP contribution >= 0.6 is 0 Å². The third-order valence-electron chi connectivity index (χ3n) is 2.55. The van der Waals surface area contributed by atoms with Crippen molar-refractivity contribution in [2.45, 2.75) is 12.5 Å². The van der Waals surface area contributed by atoms with Gasteiger partial charge in [0.1, 0.15) is 11.8 Å². The lowest BCUT2D eigenvalue weighted by molar-refractivity contribution is 0.619. The molecule has 0 fully saturated rings. The van der Waals surface area contributed by atoms with Crippen molar-refractivity contribution in [1.82, 2.24) is 19.5 Å². The Labute approximate surface area is 87.0 Å². The Morgan fingerprint density at radius 3 is 3.13 bits per heavy atom. The predicted octanol–water partition coefficient (Wildman–Crippen LogP) is 1.88. The summed E-state index contributed by atoms with van der Waals surface area (Å²) in [5, 5.41) is 0. The van der Waals surface area contributed by atoms with Gasteiger partial charge in [0.2, 0.25) is 0 Å². The molecule has 4 nitrogen and oxygen atoms in total. The maximum absolute atomic E-state index is 4.27. The fourth-order valence-corrected chi connectivity index (χ4v) is 1.80. The van der Waals surface area contributed by atoms with Gasteiger partial charge >= 0.3 is 0 Å². The molecule has 3 rings (SSSR count). The quantitative estimate of drug-likeness (QED) is 0.702. The lowest BCUT2D eigenvalue weighted by Crippen LogP contribution is -2.06. The molecule has 2 aromatic heterocycles. The van der Waals surface area contributed by atoms with E-state index < -0.39 is 0 Å². The van der Waals surface area contributed by atoms with E-state index in [-0.39, 0.29) is 0 Å². The second-order valence-electron chi connectivity index (χ2n) is 3.50. The van der Waals surface area contributed by atoms with E-state index in [1.54, 1.807) is 12.5 Å². The molecule has 0 radical (unpaired) electrons. The number of rotatable bonds is 1. The van der Waals surface area contributed by atoms with Gasteiger partial charge in [0, 0.05) is 0 Å². The Balaban J connectivity index is 2.11. The highest BCUT2D eigenvalue weighted by Crippen LogP contribution is 2.21. The van der Waals surface area contributed by atoms with Crippen LogP contribution in [0, 0.1) is 0 Å². The smallest absolute Gasteiger partial charge is 0.163 e. The molecule has 1 atom stereocenters. The Kier molecular flexibility index (Phi) is 1.84. The standard InChI is InChI=1S/C11H10N4/c1-2-4-9(5-3-1)15-8-14-10-6-12-7-13-11(10)15/h1-4,6-9H,5H2. The van der Waals surface area contributed by atoms with Crippen LogP contribution in [0.25, 0.3) is 11.2 Å². The van der Waals surface area contributed by atoms with Crippen LogP contribution in [0.2, 0.25) is 0 Å². The van der Waals surface area contributed by atoms with E-state index in [0.717, 1.165) is 17.6 Å². The van der Waals surface area contributed by atoms with Crippen molar-refractivity contribution in [2.24, 2.45) is 0 Å². The van der Waals surface area contributed by atoms with Crippen LogP contribution < -0.4 is 0 Å². The van der Waals surface area contributed by atoms with Crippen LogP contribution in [0.3, 0.4) is 0 Å². The van der Waals surface area contributed by atoms with Gasteiger partial charge in [-0.25, -0.2) is 15.0 Å². The van der Waals surface area contributed by atoms with Gasteiger partial charge in [0.05, 0.1) is 18.6 Å². The average molecular weight is 198 g/mol. The number of fused-ring (bicyclic) bond motifs is 1. The third kappa shape index (κ3) is 1.34. The summed E-state index contributed by atoms with van der Waals surface area (Å²) in [7, 11) is 0. The summed E-state index contributed by atoms with van der Waals surface area (Å²) >= 11 is 0. The molecule has 1 aliphatic carbocycles. The molecule has 4 heteroatoms. The average Bonchev–Trinajstić information content (AvgIpc) is 2.74. The summed E-state index contributed by atoms with van der Waals surface area (Å²) in [6, 6.07) is 0.329. The molecule has 2 aromatic rings. The summed E-state index contributed by atoms with van der Waals surface area (Å²) in [5.74, 6) is 0. The van der Waals surface area contributed by atoms with Gasteiger partial charge in [-0.3, -0.25) is 0 Å². The number of hydrogen-bond acceptors (Lipinski definition) is 3. The molecule has 0 amide bonds. The lowest BCUT2D eigenvalue weighted by atomic mass is 10.1. The first-order chi connectivity index (χ1) is 7.45. The van der Waals surface area contributed by atoms with E-state index in [4.69, 9.17) is 0 Å². The van der Waals surface area contributed by atoms with Gasteiger partial charge in [-0.1, -0.05) is 24.3 Å². The van der Waals surface area contributed by atoms with Gasteiger partial charge in [-0.15, -0.1) is 0 Å². The second-order valence-corrected chi connectivity index (χ2v) is 3.50. The van der Waals surface area contributed by atoms with E-state index >= 15 is 0 Å². The Hall–Kier alpha value is -1.97. The number of imidazole rings is 1. The van der Waals surface area contributed by atoms with Crippen molar-refractivity contribution in [3.05, 3.63) is 43.2 Å². The van der Waals surface area contributed by atoms with Crippen LogP contribution in [0.4, 0.5) is 0 Å². The minimum absolute atomic E-state index is 0.329. The van der Waals surface area contributed by atoms with Crippen molar-refractivity contribution < 1.29 is 0 Å². The molecule has 74 valence electrons. The molecule has 2 heterocycles. The normalized spacial score (nSPS) is 19.9. The highest BCUT2D eigenvalue weighted by atomic mass is 15.1. The van der Waals surface area contributed by atoms with E-state index in [0.29, 0.717) is 6.04 Å². The van der Waals surface area contributed by atoms with Crippen LogP contribution in [0.5, 0.6) is 0 Å². The fourth-order valence-electron chi connectivity index (χ4n) is 1.80. The van der Waals surface area contributed by atoms with E-state index in [2.05, 4.69) is 43.8 Å². The highest BCUT2D eigenvalue weighted by molar-refractivity contribution is 5.69. The molecule has 1 unspecified atom stereocenters. The first kappa shape index (κ1) is 8.35. The SMILES string of the molecule is C1=CCC(n2cnc3cncnc32)C=C1. The minimum Gasteiger partial charge on any atom is -0.308 e. The maximum atomic E-state index is 4.27. The molecule has 15 heavy (non-hydrogen) atoms. The summed E-state index contributed by atoms with van der Waals surface area (Å²) in [5.41, 5.74) is 1.75. The van der Waals surface area contributed by atoms with Crippen LogP contribution in [0.15, 0.2) is 43.2 Å². The molecular formula is C11H10N4. The van der Waals surface area contributed by atoms with Crippen molar-refractivity contribution in [3.63, 3.8) is 0 Å². The number of aromatic nitrogens is 4. The summed E-state index contributed by atoms with van der Waals surface area (Å²) in [6.45, 7) is 0. The largest absolute Gasteiger partial charge is 0.308 e. The number of allylic oxidation sites excluding steroid dienone is 4. The van der Waals surface area contributed by atoms with Crippen LogP contribution in [0.1, 0.15) is 12.5 Å². The molecule has 0 saturated carbocycles. The highest BCUT2D eigenvalue weighted by Gasteiger charge is 2.11. The number of hydrogen-bond donors (Lipinski definition) is 0. The van der Waals surface area contributed by atoms with Gasteiger partial charge in [-0.05, 0) is 6.42 Å². The molecule has 0 N–H and O–H groups in total. The molecule has 1 aliphatic rings. The van der Waals surface area contributed by atoms with Gasteiger partial charge in [0.15, 0.2) is 5.65 Å². The van der Waals surface area contributed by atoms with Crippen LogP contribution in [-0.2, 0) is 0 Å². The van der Waals surface area contributed by atoms with Crippen molar-refractivity contribution in [1.29, 1.82) is 0 Å². The van der Waals surface area contributed by atoms with Crippen molar-refractivity contribution in [3.8, 4) is 0 Å². The summed E-state index contributed by atoms with van der Waals surface area (Å²) in [4.78, 5) is 12.5. The van der Waals surface area contributed by atoms with E-state index in [1.165, 1.54) is 0 Å². The van der Waals surface area contributed by atoms with Gasteiger partial charge in [0.25, 0.3) is 0 Å². The molecular weight excluding hydrogens is 188 g/mol. The molecule has 0 aliphatic heterocycles. The minimum atomic E-state index is 0.329. The molecule has 0 spiro atoms. The Morgan fingerprint density at radius 1 is 1.27 bits per heavy atom. The zero-order valence-electron chi connectivity index (χ0n) is 8.11.